The molecule has 0 radical (unpaired) electrons. The van der Waals surface area contributed by atoms with Gasteiger partial charge in [0.05, 0.1) is 6.54 Å². The van der Waals surface area contributed by atoms with Gasteiger partial charge >= 0.3 is 0 Å². The van der Waals surface area contributed by atoms with Crippen molar-refractivity contribution < 1.29 is 13.9 Å². The summed E-state index contributed by atoms with van der Waals surface area (Å²) in [5, 5.41) is 2.87. The van der Waals surface area contributed by atoms with E-state index in [4.69, 9.17) is 9.15 Å². The molecular weight excluding hydrogens is 488 g/mol. The molecule has 0 aliphatic rings. The number of para-hydroxylation sites is 1. The topological polar surface area (TPSA) is 80.5 Å². The Labute approximate surface area is 228 Å². The maximum atomic E-state index is 12.7. The van der Waals surface area contributed by atoms with Gasteiger partial charge in [0.15, 0.2) is 5.69 Å². The lowest BCUT2D eigenvalue weighted by Crippen LogP contribution is -2.27. The van der Waals surface area contributed by atoms with Crippen molar-refractivity contribution in [1.29, 1.82) is 0 Å². The number of nitrogens with one attached hydrogen (secondary N) is 1. The summed E-state index contributed by atoms with van der Waals surface area (Å²) in [6, 6.07) is 31.9. The molecule has 5 rings (SSSR count). The highest BCUT2D eigenvalue weighted by Gasteiger charge is 2.21. The van der Waals surface area contributed by atoms with Crippen LogP contribution in [0.4, 0.5) is 0 Å². The molecule has 0 bridgehead atoms. The molecule has 0 saturated carbocycles. The lowest BCUT2D eigenvalue weighted by atomic mass is 10.1. The van der Waals surface area contributed by atoms with Crippen LogP contribution in [-0.4, -0.2) is 20.8 Å². The van der Waals surface area contributed by atoms with Crippen molar-refractivity contribution >= 4 is 5.91 Å². The third-order valence-corrected chi connectivity index (χ3v) is 6.39. The van der Waals surface area contributed by atoms with Crippen LogP contribution >= 0.6 is 0 Å². The highest BCUT2D eigenvalue weighted by Crippen LogP contribution is 2.27. The fourth-order valence-electron chi connectivity index (χ4n) is 4.28. The van der Waals surface area contributed by atoms with Gasteiger partial charge in [-0.05, 0) is 53.9 Å². The maximum absolute atomic E-state index is 12.7. The van der Waals surface area contributed by atoms with Crippen LogP contribution in [0.1, 0.15) is 46.0 Å². The third kappa shape index (κ3) is 7.18. The van der Waals surface area contributed by atoms with E-state index in [0.29, 0.717) is 25.5 Å². The van der Waals surface area contributed by atoms with Crippen LogP contribution < -0.4 is 10.1 Å². The van der Waals surface area contributed by atoms with Crippen molar-refractivity contribution in [2.75, 3.05) is 0 Å². The largest absolute Gasteiger partial charge is 0.457 e. The van der Waals surface area contributed by atoms with Crippen LogP contribution in [-0.2, 0) is 19.6 Å². The molecule has 196 valence electrons. The van der Waals surface area contributed by atoms with Gasteiger partial charge in [-0.1, -0.05) is 66.7 Å². The van der Waals surface area contributed by atoms with E-state index < -0.39 is 0 Å². The minimum Gasteiger partial charge on any atom is -0.457 e. The van der Waals surface area contributed by atoms with E-state index in [1.807, 2.05) is 78.9 Å². The summed E-state index contributed by atoms with van der Waals surface area (Å²) in [5.74, 6) is 1.75. The summed E-state index contributed by atoms with van der Waals surface area (Å²) < 4.78 is 11.8. The van der Waals surface area contributed by atoms with Gasteiger partial charge in [0.1, 0.15) is 17.8 Å². The Bertz CT molecular complexity index is 1470. The molecular formula is C32H30N4O3. The van der Waals surface area contributed by atoms with Crippen molar-refractivity contribution in [3.05, 3.63) is 144 Å². The van der Waals surface area contributed by atoms with E-state index in [-0.39, 0.29) is 17.6 Å². The number of oxazole rings is 1. The van der Waals surface area contributed by atoms with Gasteiger partial charge in [-0.25, -0.2) is 4.98 Å². The average Bonchev–Trinajstić information content (AvgIpc) is 3.46. The predicted molar refractivity (Wildman–Crippen MR) is 149 cm³/mol. The number of amides is 1. The Morgan fingerprint density at radius 3 is 2.41 bits per heavy atom. The number of ether oxygens (including phenoxy) is 1. The molecule has 39 heavy (non-hydrogen) atoms. The number of nitrogens with zero attached hydrogens (tertiary/aromatic N) is 3. The van der Waals surface area contributed by atoms with Gasteiger partial charge in [0.25, 0.3) is 5.91 Å². The summed E-state index contributed by atoms with van der Waals surface area (Å²) in [6.07, 6.45) is 4.83. The van der Waals surface area contributed by atoms with Crippen molar-refractivity contribution in [3.63, 3.8) is 0 Å². The van der Waals surface area contributed by atoms with Gasteiger partial charge in [-0.2, -0.15) is 0 Å². The second kappa shape index (κ2) is 12.7. The number of hydrogen-bond donors (Lipinski definition) is 1. The normalized spacial score (nSPS) is 11.7. The Morgan fingerprint density at radius 1 is 0.897 bits per heavy atom. The first-order valence-electron chi connectivity index (χ1n) is 12.9. The van der Waals surface area contributed by atoms with Gasteiger partial charge in [0, 0.05) is 31.5 Å². The molecule has 1 unspecified atom stereocenters. The fraction of sp³-hybridized carbons (Fsp3) is 0.156. The van der Waals surface area contributed by atoms with Crippen molar-refractivity contribution in [1.82, 2.24) is 20.2 Å². The van der Waals surface area contributed by atoms with Gasteiger partial charge in [-0.15, -0.1) is 0 Å². The van der Waals surface area contributed by atoms with E-state index in [1.54, 1.807) is 12.4 Å². The smallest absolute Gasteiger partial charge is 0.273 e. The summed E-state index contributed by atoms with van der Waals surface area (Å²) in [5.41, 5.74) is 3.43. The lowest BCUT2D eigenvalue weighted by Gasteiger charge is -2.28. The second-order valence-corrected chi connectivity index (χ2v) is 9.22. The molecule has 0 aliphatic heterocycles. The zero-order valence-corrected chi connectivity index (χ0v) is 21.7. The summed E-state index contributed by atoms with van der Waals surface area (Å²) in [4.78, 5) is 23.5. The molecule has 7 heteroatoms. The molecule has 0 saturated heterocycles. The zero-order chi connectivity index (χ0) is 26.9. The molecule has 2 aromatic heterocycles. The second-order valence-electron chi connectivity index (χ2n) is 9.22. The minimum atomic E-state index is -0.290. The molecule has 1 amide bonds. The molecule has 1 N–H and O–H groups in total. The van der Waals surface area contributed by atoms with E-state index in [1.165, 1.54) is 11.8 Å². The Kier molecular flexibility index (Phi) is 8.41. The van der Waals surface area contributed by atoms with Crippen LogP contribution in [0.5, 0.6) is 11.5 Å². The molecule has 5 aromatic rings. The summed E-state index contributed by atoms with van der Waals surface area (Å²) >= 11 is 0. The van der Waals surface area contributed by atoms with Crippen LogP contribution in [0.15, 0.2) is 120 Å². The van der Waals surface area contributed by atoms with Crippen molar-refractivity contribution in [2.45, 2.75) is 32.6 Å². The van der Waals surface area contributed by atoms with Crippen LogP contribution in [0.3, 0.4) is 0 Å². The molecule has 7 nitrogen and oxygen atoms in total. The number of pyridine rings is 1. The number of rotatable bonds is 11. The molecule has 3 aromatic carbocycles. The van der Waals surface area contributed by atoms with Gasteiger partial charge in [-0.3, -0.25) is 14.7 Å². The molecule has 2 heterocycles. The first kappa shape index (κ1) is 25.9. The van der Waals surface area contributed by atoms with Gasteiger partial charge in [0.2, 0.25) is 5.89 Å². The number of carbonyl (C=O) groups is 1. The highest BCUT2D eigenvalue weighted by molar-refractivity contribution is 5.91. The standard InChI is InChI=1S/C32H30N4O3/c1-24(27-12-4-2-5-13-27)36(21-25-10-8-16-29(18-25)39-28-14-6-3-7-15-28)22-31-35-30(23-38-31)32(37)34-20-26-11-9-17-33-19-26/h2-19,23-24H,20-22H2,1H3,(H,34,37). The first-order chi connectivity index (χ1) is 19.1. The number of aromatic nitrogens is 2. The third-order valence-electron chi connectivity index (χ3n) is 6.39. The van der Waals surface area contributed by atoms with E-state index in [9.17, 15) is 4.79 Å². The minimum absolute atomic E-state index is 0.0691. The van der Waals surface area contributed by atoms with E-state index >= 15 is 0 Å². The molecule has 0 aliphatic carbocycles. The fourth-order valence-corrected chi connectivity index (χ4v) is 4.28. The summed E-state index contributed by atoms with van der Waals surface area (Å²) in [7, 11) is 0. The quantitative estimate of drug-likeness (QED) is 0.213. The van der Waals surface area contributed by atoms with Crippen LogP contribution in [0, 0.1) is 0 Å². The van der Waals surface area contributed by atoms with Crippen LogP contribution in [0.25, 0.3) is 0 Å². The predicted octanol–water partition coefficient (Wildman–Crippen LogP) is 6.56. The number of carbonyl (C=O) groups excluding carboxylic acids is 1. The Morgan fingerprint density at radius 2 is 1.64 bits per heavy atom. The highest BCUT2D eigenvalue weighted by atomic mass is 16.5. The number of hydrogen-bond acceptors (Lipinski definition) is 6. The zero-order valence-electron chi connectivity index (χ0n) is 21.7. The monoisotopic (exact) mass is 518 g/mol. The van der Waals surface area contributed by atoms with Gasteiger partial charge < -0.3 is 14.5 Å². The molecule has 0 fully saturated rings. The van der Waals surface area contributed by atoms with Crippen molar-refractivity contribution in [3.8, 4) is 11.5 Å². The molecule has 1 atom stereocenters. The maximum Gasteiger partial charge on any atom is 0.273 e. The summed E-state index contributed by atoms with van der Waals surface area (Å²) in [6.45, 7) is 3.58. The van der Waals surface area contributed by atoms with E-state index in [2.05, 4.69) is 45.3 Å². The van der Waals surface area contributed by atoms with Crippen molar-refractivity contribution in [2.24, 2.45) is 0 Å². The molecule has 0 spiro atoms. The number of benzene rings is 3. The SMILES string of the molecule is CC(c1ccccc1)N(Cc1cccc(Oc2ccccc2)c1)Cc1nc(C(=O)NCc2cccnc2)co1. The lowest BCUT2D eigenvalue weighted by molar-refractivity contribution is 0.0945. The van der Waals surface area contributed by atoms with E-state index in [0.717, 1.165) is 22.6 Å². The average molecular weight is 519 g/mol. The Hall–Kier alpha value is -4.75. The van der Waals surface area contributed by atoms with Crippen LogP contribution in [0.2, 0.25) is 0 Å². The first-order valence-corrected chi connectivity index (χ1v) is 12.9. The Balaban J connectivity index is 1.31.